The summed E-state index contributed by atoms with van der Waals surface area (Å²) in [6.07, 6.45) is 9.76. The monoisotopic (exact) mass is 348 g/mol. The van der Waals surface area contributed by atoms with Crippen LogP contribution in [0.2, 0.25) is 0 Å². The second kappa shape index (κ2) is 7.94. The molecule has 2 aromatic rings. The molecule has 0 aliphatic heterocycles. The molecule has 0 aromatic heterocycles. The van der Waals surface area contributed by atoms with Gasteiger partial charge < -0.3 is 11.5 Å². The topological polar surface area (TPSA) is 52.0 Å². The van der Waals surface area contributed by atoms with Crippen LogP contribution < -0.4 is 11.5 Å². The zero-order chi connectivity index (χ0) is 17.9. The van der Waals surface area contributed by atoms with E-state index < -0.39 is 0 Å². The molecule has 0 saturated heterocycles. The molecule has 4 rings (SSSR count). The fourth-order valence-corrected chi connectivity index (χ4v) is 5.24. The van der Waals surface area contributed by atoms with E-state index in [0.29, 0.717) is 17.9 Å². The first kappa shape index (κ1) is 17.8. The van der Waals surface area contributed by atoms with Crippen molar-refractivity contribution in [1.82, 2.24) is 0 Å². The molecule has 26 heavy (non-hydrogen) atoms. The van der Waals surface area contributed by atoms with Crippen molar-refractivity contribution < 1.29 is 0 Å². The van der Waals surface area contributed by atoms with Crippen LogP contribution in [0.4, 0.5) is 0 Å². The van der Waals surface area contributed by atoms with Crippen LogP contribution in [-0.2, 0) is 0 Å². The molecular formula is C24H32N2. The van der Waals surface area contributed by atoms with Crippen LogP contribution in [0.15, 0.2) is 42.5 Å². The normalized spacial score (nSPS) is 24.3. The Hall–Kier alpha value is -1.64. The molecule has 3 unspecified atom stereocenters. The van der Waals surface area contributed by atoms with E-state index in [1.807, 2.05) is 0 Å². The molecule has 3 atom stereocenters. The van der Waals surface area contributed by atoms with Gasteiger partial charge in [-0.25, -0.2) is 0 Å². The number of fused-ring (bicyclic) bond motifs is 3. The largest absolute Gasteiger partial charge is 0.330 e. The number of hydrogen-bond donors (Lipinski definition) is 2. The van der Waals surface area contributed by atoms with E-state index in [-0.39, 0.29) is 0 Å². The van der Waals surface area contributed by atoms with Crippen LogP contribution >= 0.6 is 0 Å². The Morgan fingerprint density at radius 1 is 0.846 bits per heavy atom. The van der Waals surface area contributed by atoms with E-state index in [1.54, 1.807) is 11.1 Å². The molecule has 2 aliphatic carbocycles. The number of rotatable bonds is 6. The maximum absolute atomic E-state index is 6.33. The molecule has 1 fully saturated rings. The molecule has 4 N–H and O–H groups in total. The predicted octanol–water partition coefficient (Wildman–Crippen LogP) is 5.30. The summed E-state index contributed by atoms with van der Waals surface area (Å²) in [5.41, 5.74) is 19.7. The van der Waals surface area contributed by atoms with Crippen molar-refractivity contribution in [2.24, 2.45) is 11.5 Å². The van der Waals surface area contributed by atoms with Gasteiger partial charge in [0.15, 0.2) is 0 Å². The molecule has 2 aromatic carbocycles. The number of benzene rings is 2. The van der Waals surface area contributed by atoms with Gasteiger partial charge in [-0.15, -0.1) is 0 Å². The van der Waals surface area contributed by atoms with Crippen molar-refractivity contribution in [2.75, 3.05) is 6.54 Å². The predicted molar refractivity (Wildman–Crippen MR) is 110 cm³/mol. The summed E-state index contributed by atoms with van der Waals surface area (Å²) in [7, 11) is 0. The molecule has 138 valence electrons. The third-order valence-corrected chi connectivity index (χ3v) is 6.47. The highest BCUT2D eigenvalue weighted by atomic mass is 14.6. The molecule has 1 saturated carbocycles. The summed E-state index contributed by atoms with van der Waals surface area (Å²) in [5, 5.41) is 0. The summed E-state index contributed by atoms with van der Waals surface area (Å²) >= 11 is 0. The Bertz CT molecular complexity index is 752. The highest BCUT2D eigenvalue weighted by Crippen LogP contribution is 2.51. The van der Waals surface area contributed by atoms with Gasteiger partial charge in [-0.05, 0) is 72.4 Å². The van der Waals surface area contributed by atoms with Gasteiger partial charge >= 0.3 is 0 Å². The molecule has 2 nitrogen and oxygen atoms in total. The van der Waals surface area contributed by atoms with Crippen molar-refractivity contribution in [3.05, 3.63) is 59.2 Å². The Morgan fingerprint density at radius 2 is 1.65 bits per heavy atom. The highest BCUT2D eigenvalue weighted by molar-refractivity contribution is 5.80. The van der Waals surface area contributed by atoms with Crippen LogP contribution in [-0.4, -0.2) is 12.6 Å². The fraction of sp³-hybridized carbons (Fsp3) is 0.500. The second-order valence-corrected chi connectivity index (χ2v) is 8.21. The molecule has 0 radical (unpaired) electrons. The maximum Gasteiger partial charge on any atom is 0.0104 e. The van der Waals surface area contributed by atoms with E-state index >= 15 is 0 Å². The van der Waals surface area contributed by atoms with Crippen molar-refractivity contribution in [3.63, 3.8) is 0 Å². The van der Waals surface area contributed by atoms with Crippen LogP contribution in [0.25, 0.3) is 11.1 Å². The zero-order valence-corrected chi connectivity index (χ0v) is 15.8. The van der Waals surface area contributed by atoms with E-state index in [4.69, 9.17) is 11.5 Å². The Balaban J connectivity index is 1.70. The molecular weight excluding hydrogens is 316 g/mol. The molecule has 0 spiro atoms. The molecule has 2 heteroatoms. The lowest BCUT2D eigenvalue weighted by atomic mass is 9.77. The number of hydrogen-bond acceptors (Lipinski definition) is 2. The van der Waals surface area contributed by atoms with Crippen LogP contribution in [0.5, 0.6) is 0 Å². The third kappa shape index (κ3) is 3.33. The van der Waals surface area contributed by atoms with Gasteiger partial charge in [0.2, 0.25) is 0 Å². The highest BCUT2D eigenvalue weighted by Gasteiger charge is 2.33. The van der Waals surface area contributed by atoms with Crippen molar-refractivity contribution >= 4 is 0 Å². The maximum atomic E-state index is 6.33. The smallest absolute Gasteiger partial charge is 0.0104 e. The van der Waals surface area contributed by atoms with E-state index in [2.05, 4.69) is 42.5 Å². The summed E-state index contributed by atoms with van der Waals surface area (Å²) < 4.78 is 0. The molecule has 2 aliphatic rings. The first-order valence-corrected chi connectivity index (χ1v) is 10.5. The average molecular weight is 349 g/mol. The summed E-state index contributed by atoms with van der Waals surface area (Å²) in [4.78, 5) is 0. The molecule has 0 heterocycles. The minimum Gasteiger partial charge on any atom is -0.330 e. The van der Waals surface area contributed by atoms with Crippen molar-refractivity contribution in [3.8, 4) is 11.1 Å². The SMILES string of the molecule is NCCCCCC1c2ccccc2-c2cccc(C3CCCC(N)C3)c21. The van der Waals surface area contributed by atoms with Gasteiger partial charge in [0.1, 0.15) is 0 Å². The lowest BCUT2D eigenvalue weighted by Gasteiger charge is -2.30. The van der Waals surface area contributed by atoms with E-state index in [1.165, 1.54) is 55.2 Å². The van der Waals surface area contributed by atoms with Gasteiger partial charge in [-0.2, -0.15) is 0 Å². The second-order valence-electron chi connectivity index (χ2n) is 8.21. The minimum atomic E-state index is 0.372. The Morgan fingerprint density at radius 3 is 2.50 bits per heavy atom. The molecule has 0 bridgehead atoms. The van der Waals surface area contributed by atoms with Crippen LogP contribution in [0.1, 0.15) is 79.9 Å². The minimum absolute atomic E-state index is 0.372. The third-order valence-electron chi connectivity index (χ3n) is 6.47. The Labute approximate surface area is 158 Å². The first-order valence-electron chi connectivity index (χ1n) is 10.5. The quantitative estimate of drug-likeness (QED) is 0.696. The van der Waals surface area contributed by atoms with Crippen molar-refractivity contribution in [2.45, 2.75) is 69.2 Å². The summed E-state index contributed by atoms with van der Waals surface area (Å²) in [6, 6.07) is 16.4. The van der Waals surface area contributed by atoms with Gasteiger partial charge in [0.05, 0.1) is 0 Å². The van der Waals surface area contributed by atoms with E-state index in [0.717, 1.165) is 19.4 Å². The van der Waals surface area contributed by atoms with Crippen LogP contribution in [0, 0.1) is 0 Å². The number of unbranched alkanes of at least 4 members (excludes halogenated alkanes) is 2. The van der Waals surface area contributed by atoms with E-state index in [9.17, 15) is 0 Å². The first-order chi connectivity index (χ1) is 12.8. The molecule has 0 amide bonds. The van der Waals surface area contributed by atoms with Gasteiger partial charge in [0, 0.05) is 12.0 Å². The average Bonchev–Trinajstić information content (AvgIpc) is 2.99. The van der Waals surface area contributed by atoms with Crippen molar-refractivity contribution in [1.29, 1.82) is 0 Å². The Kier molecular flexibility index (Phi) is 5.42. The number of nitrogens with two attached hydrogens (primary N) is 2. The zero-order valence-electron chi connectivity index (χ0n) is 15.8. The van der Waals surface area contributed by atoms with Gasteiger partial charge in [0.25, 0.3) is 0 Å². The standard InChI is InChI=1S/C24H32N2/c25-15-5-1-2-12-22-20-10-3-4-11-21(20)23-14-7-13-19(24(22)23)17-8-6-9-18(26)16-17/h3-4,7,10-11,13-14,17-18,22H,1-2,5-6,8-9,12,15-16,25-26H2. The lowest BCUT2D eigenvalue weighted by Crippen LogP contribution is -2.27. The van der Waals surface area contributed by atoms with Gasteiger partial charge in [-0.3, -0.25) is 0 Å². The summed E-state index contributed by atoms with van der Waals surface area (Å²) in [5.74, 6) is 1.18. The van der Waals surface area contributed by atoms with Crippen LogP contribution in [0.3, 0.4) is 0 Å². The fourth-order valence-electron chi connectivity index (χ4n) is 5.24. The van der Waals surface area contributed by atoms with Gasteiger partial charge in [-0.1, -0.05) is 61.7 Å². The summed E-state index contributed by atoms with van der Waals surface area (Å²) in [6.45, 7) is 0.809. The lowest BCUT2D eigenvalue weighted by molar-refractivity contribution is 0.391.